The van der Waals surface area contributed by atoms with E-state index < -0.39 is 0 Å². The monoisotopic (exact) mass is 230 g/mol. The predicted molar refractivity (Wildman–Crippen MR) is 66.1 cm³/mol. The Hall–Kier alpha value is -1.31. The van der Waals surface area contributed by atoms with Crippen molar-refractivity contribution in [3.63, 3.8) is 0 Å². The highest BCUT2D eigenvalue weighted by molar-refractivity contribution is 5.81. The number of ether oxygens (including phenoxy) is 1. The smallest absolute Gasteiger partial charge is 0.139 e. The average Bonchev–Trinajstić information content (AvgIpc) is 3.19. The van der Waals surface area contributed by atoms with Crippen LogP contribution in [0.3, 0.4) is 0 Å². The molecule has 2 heteroatoms. The fourth-order valence-corrected chi connectivity index (χ4v) is 2.49. The highest BCUT2D eigenvalue weighted by Gasteiger charge is 2.28. The van der Waals surface area contributed by atoms with Gasteiger partial charge in [-0.3, -0.25) is 4.79 Å². The van der Waals surface area contributed by atoms with Crippen molar-refractivity contribution in [1.82, 2.24) is 0 Å². The van der Waals surface area contributed by atoms with Gasteiger partial charge in [0.15, 0.2) is 0 Å². The van der Waals surface area contributed by atoms with Gasteiger partial charge in [0, 0.05) is 6.42 Å². The van der Waals surface area contributed by atoms with Crippen LogP contribution in [0, 0.1) is 11.8 Å². The topological polar surface area (TPSA) is 26.3 Å². The molecule has 1 atom stereocenters. The van der Waals surface area contributed by atoms with Crippen LogP contribution < -0.4 is 4.74 Å². The minimum Gasteiger partial charge on any atom is -0.493 e. The highest BCUT2D eigenvalue weighted by Crippen LogP contribution is 2.34. The second-order valence-corrected chi connectivity index (χ2v) is 5.27. The Balaban J connectivity index is 1.60. The lowest BCUT2D eigenvalue weighted by atomic mass is 9.91. The van der Waals surface area contributed by atoms with Crippen molar-refractivity contribution in [2.45, 2.75) is 32.1 Å². The molecule has 0 spiro atoms. The Morgan fingerprint density at radius 2 is 2.12 bits per heavy atom. The van der Waals surface area contributed by atoms with Crippen molar-refractivity contribution < 1.29 is 9.53 Å². The first-order valence-corrected chi connectivity index (χ1v) is 6.56. The number of Topliss-reactive ketones (excluding diaryl/α,β-unsaturated/α-hetero) is 1. The summed E-state index contributed by atoms with van der Waals surface area (Å²) in [7, 11) is 0. The van der Waals surface area contributed by atoms with Gasteiger partial charge in [0.05, 0.1) is 12.5 Å². The number of rotatable bonds is 4. The van der Waals surface area contributed by atoms with Crippen molar-refractivity contribution in [1.29, 1.82) is 0 Å². The number of ketones is 1. The summed E-state index contributed by atoms with van der Waals surface area (Å²) >= 11 is 0. The number of fused-ring (bicyclic) bond motifs is 1. The maximum Gasteiger partial charge on any atom is 0.139 e. The van der Waals surface area contributed by atoms with Gasteiger partial charge < -0.3 is 4.74 Å². The maximum absolute atomic E-state index is 12.1. The molecule has 17 heavy (non-hydrogen) atoms. The number of hydrogen-bond acceptors (Lipinski definition) is 2. The number of carbonyl (C=O) groups is 1. The SMILES string of the molecule is O=C(CCC1CC1)C1COc2ccccc2C1. The summed E-state index contributed by atoms with van der Waals surface area (Å²) in [5.41, 5.74) is 1.18. The lowest BCUT2D eigenvalue weighted by Crippen LogP contribution is -2.28. The van der Waals surface area contributed by atoms with Gasteiger partial charge in [0.1, 0.15) is 11.5 Å². The Kier molecular flexibility index (Phi) is 2.87. The summed E-state index contributed by atoms with van der Waals surface area (Å²) in [5.74, 6) is 2.28. The van der Waals surface area contributed by atoms with Crippen molar-refractivity contribution in [2.75, 3.05) is 6.61 Å². The van der Waals surface area contributed by atoms with Crippen LogP contribution in [0.2, 0.25) is 0 Å². The number of benzene rings is 1. The molecular formula is C15H18O2. The predicted octanol–water partition coefficient (Wildman–Crippen LogP) is 3.00. The van der Waals surface area contributed by atoms with E-state index in [4.69, 9.17) is 4.74 Å². The van der Waals surface area contributed by atoms with E-state index in [9.17, 15) is 4.79 Å². The zero-order chi connectivity index (χ0) is 11.7. The zero-order valence-electron chi connectivity index (χ0n) is 10.0. The van der Waals surface area contributed by atoms with Crippen LogP contribution >= 0.6 is 0 Å². The second kappa shape index (κ2) is 4.52. The van der Waals surface area contributed by atoms with Crippen LogP contribution in [-0.2, 0) is 11.2 Å². The van der Waals surface area contributed by atoms with Crippen molar-refractivity contribution >= 4 is 5.78 Å². The molecule has 1 saturated carbocycles. The Morgan fingerprint density at radius 3 is 2.94 bits per heavy atom. The normalized spacial score (nSPS) is 22.7. The Morgan fingerprint density at radius 1 is 1.29 bits per heavy atom. The first-order valence-electron chi connectivity index (χ1n) is 6.56. The minimum atomic E-state index is 0.0867. The molecule has 1 aromatic rings. The molecule has 0 bridgehead atoms. The molecule has 3 rings (SSSR count). The largest absolute Gasteiger partial charge is 0.493 e. The van der Waals surface area contributed by atoms with Gasteiger partial charge in [-0.15, -0.1) is 0 Å². The molecule has 1 aromatic carbocycles. The van der Waals surface area contributed by atoms with Gasteiger partial charge >= 0.3 is 0 Å². The summed E-state index contributed by atoms with van der Waals surface area (Å²) in [6.07, 6.45) is 5.37. The lowest BCUT2D eigenvalue weighted by Gasteiger charge is -2.24. The van der Waals surface area contributed by atoms with Gasteiger partial charge in [-0.05, 0) is 30.4 Å². The third kappa shape index (κ3) is 2.51. The van der Waals surface area contributed by atoms with E-state index in [-0.39, 0.29) is 5.92 Å². The van der Waals surface area contributed by atoms with E-state index in [1.165, 1.54) is 18.4 Å². The van der Waals surface area contributed by atoms with Gasteiger partial charge in [-0.2, -0.15) is 0 Å². The molecular weight excluding hydrogens is 212 g/mol. The molecule has 1 aliphatic heterocycles. The molecule has 90 valence electrons. The quantitative estimate of drug-likeness (QED) is 0.794. The molecule has 1 aliphatic carbocycles. The van der Waals surface area contributed by atoms with Gasteiger partial charge in [0.2, 0.25) is 0 Å². The van der Waals surface area contributed by atoms with Gasteiger partial charge in [-0.25, -0.2) is 0 Å². The molecule has 0 radical (unpaired) electrons. The van der Waals surface area contributed by atoms with Crippen LogP contribution in [0.1, 0.15) is 31.2 Å². The average molecular weight is 230 g/mol. The number of hydrogen-bond donors (Lipinski definition) is 0. The molecule has 0 aromatic heterocycles. The Bertz CT molecular complexity index is 421. The van der Waals surface area contributed by atoms with E-state index in [2.05, 4.69) is 6.07 Å². The molecule has 2 nitrogen and oxygen atoms in total. The van der Waals surface area contributed by atoms with Gasteiger partial charge in [-0.1, -0.05) is 31.0 Å². The van der Waals surface area contributed by atoms with E-state index >= 15 is 0 Å². The molecule has 0 N–H and O–H groups in total. The summed E-state index contributed by atoms with van der Waals surface area (Å²) < 4.78 is 5.66. The molecule has 1 heterocycles. The van der Waals surface area contributed by atoms with Crippen LogP contribution in [0.4, 0.5) is 0 Å². The molecule has 0 saturated heterocycles. The third-order valence-corrected chi connectivity index (χ3v) is 3.83. The lowest BCUT2D eigenvalue weighted by molar-refractivity contribution is -0.124. The number of para-hydroxylation sites is 1. The Labute approximate surface area is 102 Å². The maximum atomic E-state index is 12.1. The minimum absolute atomic E-state index is 0.0867. The second-order valence-electron chi connectivity index (χ2n) is 5.27. The van der Waals surface area contributed by atoms with Crippen LogP contribution in [0.15, 0.2) is 24.3 Å². The molecule has 2 aliphatic rings. The van der Waals surface area contributed by atoms with E-state index in [0.29, 0.717) is 12.4 Å². The first kappa shape index (κ1) is 10.8. The number of carbonyl (C=O) groups excluding carboxylic acids is 1. The summed E-state index contributed by atoms with van der Waals surface area (Å²) in [5, 5.41) is 0. The highest BCUT2D eigenvalue weighted by atomic mass is 16.5. The fraction of sp³-hybridized carbons (Fsp3) is 0.533. The van der Waals surface area contributed by atoms with Crippen LogP contribution in [0.25, 0.3) is 0 Å². The summed E-state index contributed by atoms with van der Waals surface area (Å²) in [6, 6.07) is 8.04. The van der Waals surface area contributed by atoms with E-state index in [0.717, 1.165) is 30.9 Å². The van der Waals surface area contributed by atoms with Gasteiger partial charge in [0.25, 0.3) is 0 Å². The standard InChI is InChI=1S/C15H18O2/c16-14(8-7-11-5-6-11)13-9-12-3-1-2-4-15(12)17-10-13/h1-4,11,13H,5-10H2. The summed E-state index contributed by atoms with van der Waals surface area (Å²) in [4.78, 5) is 12.1. The van der Waals surface area contributed by atoms with E-state index in [1.807, 2.05) is 18.2 Å². The summed E-state index contributed by atoms with van der Waals surface area (Å²) in [6.45, 7) is 0.570. The first-order chi connectivity index (χ1) is 8.33. The van der Waals surface area contributed by atoms with Crippen LogP contribution in [0.5, 0.6) is 5.75 Å². The van der Waals surface area contributed by atoms with Crippen molar-refractivity contribution in [3.8, 4) is 5.75 Å². The van der Waals surface area contributed by atoms with Crippen molar-refractivity contribution in [3.05, 3.63) is 29.8 Å². The van der Waals surface area contributed by atoms with E-state index in [1.54, 1.807) is 0 Å². The fourth-order valence-electron chi connectivity index (χ4n) is 2.49. The molecule has 1 unspecified atom stereocenters. The van der Waals surface area contributed by atoms with Crippen molar-refractivity contribution in [2.24, 2.45) is 11.8 Å². The zero-order valence-corrected chi connectivity index (χ0v) is 10.0. The molecule has 1 fully saturated rings. The molecule has 0 amide bonds. The third-order valence-electron chi connectivity index (χ3n) is 3.83. The van der Waals surface area contributed by atoms with Crippen LogP contribution in [-0.4, -0.2) is 12.4 Å².